The molecule has 25 heavy (non-hydrogen) atoms. The summed E-state index contributed by atoms with van der Waals surface area (Å²) >= 11 is 5.82. The van der Waals surface area contributed by atoms with Crippen LogP contribution in [0.3, 0.4) is 0 Å². The molecule has 8 heteroatoms. The maximum absolute atomic E-state index is 12.8. The number of anilines is 1. The maximum atomic E-state index is 12.8. The van der Waals surface area contributed by atoms with Crippen molar-refractivity contribution in [2.24, 2.45) is 0 Å². The first-order valence-electron chi connectivity index (χ1n) is 7.48. The third-order valence-corrected chi connectivity index (χ3v) is 5.96. The molecule has 3 rings (SSSR count). The van der Waals surface area contributed by atoms with Crippen molar-refractivity contribution in [3.8, 4) is 0 Å². The van der Waals surface area contributed by atoms with Crippen LogP contribution in [0.1, 0.15) is 18.1 Å². The summed E-state index contributed by atoms with van der Waals surface area (Å²) in [5, 5.41) is 9.41. The summed E-state index contributed by atoms with van der Waals surface area (Å²) in [6.07, 6.45) is 3.50. The molecule has 2 aromatic rings. The van der Waals surface area contributed by atoms with Gasteiger partial charge in [-0.25, -0.2) is 22.5 Å². The van der Waals surface area contributed by atoms with Crippen LogP contribution in [0, 0.1) is 0 Å². The van der Waals surface area contributed by atoms with Crippen LogP contribution in [-0.2, 0) is 21.2 Å². The normalized spacial score (nSPS) is 14.5. The highest BCUT2D eigenvalue weighted by molar-refractivity contribution is 7.92. The summed E-state index contributed by atoms with van der Waals surface area (Å²) in [5.41, 5.74) is 1.58. The van der Waals surface area contributed by atoms with E-state index in [0.717, 1.165) is 5.56 Å². The Labute approximate surface area is 150 Å². The van der Waals surface area contributed by atoms with Gasteiger partial charge >= 0.3 is 5.97 Å². The SMILES string of the molecule is C/C(=C\c1cnc2c(c1)CCN2S(=O)(=O)c1ccc(Cl)cc1)C(=O)O. The molecule has 0 saturated carbocycles. The van der Waals surface area contributed by atoms with Gasteiger partial charge in [0.25, 0.3) is 10.0 Å². The number of carbonyl (C=O) groups is 1. The Morgan fingerprint density at radius 3 is 2.64 bits per heavy atom. The van der Waals surface area contributed by atoms with Gasteiger partial charge in [-0.05, 0) is 60.9 Å². The number of halogens is 1. The van der Waals surface area contributed by atoms with Gasteiger partial charge in [-0.3, -0.25) is 0 Å². The van der Waals surface area contributed by atoms with Gasteiger partial charge in [0, 0.05) is 23.3 Å². The van der Waals surface area contributed by atoms with Crippen molar-refractivity contribution in [3.05, 3.63) is 58.3 Å². The average molecular weight is 379 g/mol. The lowest BCUT2D eigenvalue weighted by Gasteiger charge is -2.18. The molecule has 130 valence electrons. The van der Waals surface area contributed by atoms with E-state index in [1.165, 1.54) is 47.8 Å². The zero-order valence-electron chi connectivity index (χ0n) is 13.3. The van der Waals surface area contributed by atoms with Gasteiger partial charge in [-0.15, -0.1) is 0 Å². The minimum atomic E-state index is -3.72. The Morgan fingerprint density at radius 2 is 2.00 bits per heavy atom. The zero-order chi connectivity index (χ0) is 18.2. The molecule has 6 nitrogen and oxygen atoms in total. The third-order valence-electron chi connectivity index (χ3n) is 3.91. The Kier molecular flexibility index (Phi) is 4.53. The van der Waals surface area contributed by atoms with Crippen LogP contribution in [0.15, 0.2) is 47.0 Å². The topological polar surface area (TPSA) is 87.6 Å². The molecule has 0 radical (unpaired) electrons. The number of nitrogens with zero attached hydrogens (tertiary/aromatic N) is 2. The predicted octanol–water partition coefficient (Wildman–Crippen LogP) is 2.97. The molecule has 0 amide bonds. The van der Waals surface area contributed by atoms with Gasteiger partial charge in [-0.2, -0.15) is 0 Å². The van der Waals surface area contributed by atoms with E-state index in [0.29, 0.717) is 29.4 Å². The van der Waals surface area contributed by atoms with E-state index in [2.05, 4.69) is 4.98 Å². The number of hydrogen-bond acceptors (Lipinski definition) is 4. The molecule has 1 aliphatic rings. The Hall–Kier alpha value is -2.38. The first-order chi connectivity index (χ1) is 11.8. The van der Waals surface area contributed by atoms with Crippen molar-refractivity contribution in [2.45, 2.75) is 18.2 Å². The molecular weight excluding hydrogens is 364 g/mol. The second-order valence-electron chi connectivity index (χ2n) is 5.66. The predicted molar refractivity (Wildman–Crippen MR) is 95.2 cm³/mol. The summed E-state index contributed by atoms with van der Waals surface area (Å²) in [7, 11) is -3.72. The summed E-state index contributed by atoms with van der Waals surface area (Å²) in [6, 6.07) is 7.75. The van der Waals surface area contributed by atoms with Gasteiger partial charge in [-0.1, -0.05) is 11.6 Å². The second-order valence-corrected chi connectivity index (χ2v) is 7.96. The molecule has 0 fully saturated rings. The maximum Gasteiger partial charge on any atom is 0.331 e. The fraction of sp³-hybridized carbons (Fsp3) is 0.176. The molecule has 1 aliphatic heterocycles. The van der Waals surface area contributed by atoms with Gasteiger partial charge in [0.15, 0.2) is 0 Å². The molecule has 2 heterocycles. The van der Waals surface area contributed by atoms with Crippen molar-refractivity contribution >= 4 is 39.5 Å². The fourth-order valence-electron chi connectivity index (χ4n) is 2.62. The number of carboxylic acid groups (broad SMARTS) is 1. The first kappa shape index (κ1) is 17.4. The molecule has 1 aromatic carbocycles. The van der Waals surface area contributed by atoms with Gasteiger partial charge < -0.3 is 5.11 Å². The summed E-state index contributed by atoms with van der Waals surface area (Å²) in [6.45, 7) is 1.78. The van der Waals surface area contributed by atoms with E-state index in [9.17, 15) is 13.2 Å². The molecule has 0 unspecified atom stereocenters. The third kappa shape index (κ3) is 3.38. The lowest BCUT2D eigenvalue weighted by atomic mass is 10.1. The van der Waals surface area contributed by atoms with Crippen LogP contribution in [0.2, 0.25) is 5.02 Å². The minimum Gasteiger partial charge on any atom is -0.478 e. The molecule has 1 N–H and O–H groups in total. The van der Waals surface area contributed by atoms with E-state index in [1.807, 2.05) is 0 Å². The summed E-state index contributed by atoms with van der Waals surface area (Å²) in [4.78, 5) is 15.3. The second kappa shape index (κ2) is 6.50. The average Bonchev–Trinajstić information content (AvgIpc) is 2.99. The zero-order valence-corrected chi connectivity index (χ0v) is 14.9. The molecule has 0 saturated heterocycles. The van der Waals surface area contributed by atoms with Crippen molar-refractivity contribution in [1.82, 2.24) is 4.98 Å². The van der Waals surface area contributed by atoms with Crippen LogP contribution in [0.25, 0.3) is 6.08 Å². The first-order valence-corrected chi connectivity index (χ1v) is 9.29. The molecule has 0 aliphatic carbocycles. The number of carboxylic acids is 1. The fourth-order valence-corrected chi connectivity index (χ4v) is 4.20. The Bertz CT molecular complexity index is 969. The smallest absolute Gasteiger partial charge is 0.331 e. The summed E-state index contributed by atoms with van der Waals surface area (Å²) < 4.78 is 26.9. The lowest BCUT2D eigenvalue weighted by Crippen LogP contribution is -2.29. The minimum absolute atomic E-state index is 0.150. The number of aliphatic carboxylic acids is 1. The lowest BCUT2D eigenvalue weighted by molar-refractivity contribution is -0.132. The number of rotatable bonds is 4. The highest BCUT2D eigenvalue weighted by Crippen LogP contribution is 2.32. The van der Waals surface area contributed by atoms with Crippen LogP contribution in [-0.4, -0.2) is 31.0 Å². The number of sulfonamides is 1. The number of benzene rings is 1. The molecule has 0 atom stereocenters. The van der Waals surface area contributed by atoms with Crippen molar-refractivity contribution in [3.63, 3.8) is 0 Å². The monoisotopic (exact) mass is 378 g/mol. The van der Waals surface area contributed by atoms with Crippen molar-refractivity contribution in [2.75, 3.05) is 10.8 Å². The van der Waals surface area contributed by atoms with Crippen molar-refractivity contribution < 1.29 is 18.3 Å². The number of fused-ring (bicyclic) bond motifs is 1. The van der Waals surface area contributed by atoms with E-state index in [4.69, 9.17) is 16.7 Å². The standard InChI is InChI=1S/C17H15ClN2O4S/c1-11(17(21)22)8-12-9-13-6-7-20(16(13)19-10-12)25(23,24)15-4-2-14(18)3-5-15/h2-5,8-10H,6-7H2,1H3,(H,21,22)/b11-8+. The van der Waals surface area contributed by atoms with Crippen molar-refractivity contribution in [1.29, 1.82) is 0 Å². The van der Waals surface area contributed by atoms with Crippen LogP contribution < -0.4 is 4.31 Å². The van der Waals surface area contributed by atoms with Crippen LogP contribution >= 0.6 is 11.6 Å². The van der Waals surface area contributed by atoms with E-state index in [-0.39, 0.29) is 10.5 Å². The molecule has 0 bridgehead atoms. The quantitative estimate of drug-likeness (QED) is 0.826. The Balaban J connectivity index is 1.96. The highest BCUT2D eigenvalue weighted by Gasteiger charge is 2.32. The highest BCUT2D eigenvalue weighted by atomic mass is 35.5. The van der Waals surface area contributed by atoms with E-state index >= 15 is 0 Å². The molecule has 1 aromatic heterocycles. The Morgan fingerprint density at radius 1 is 1.32 bits per heavy atom. The number of aromatic nitrogens is 1. The molecular formula is C17H15ClN2O4S. The van der Waals surface area contributed by atoms with Gasteiger partial charge in [0.05, 0.1) is 4.90 Å². The van der Waals surface area contributed by atoms with E-state index < -0.39 is 16.0 Å². The van der Waals surface area contributed by atoms with E-state index in [1.54, 1.807) is 6.07 Å². The molecule has 0 spiro atoms. The van der Waals surface area contributed by atoms with Gasteiger partial charge in [0.1, 0.15) is 5.82 Å². The van der Waals surface area contributed by atoms with Crippen LogP contribution in [0.5, 0.6) is 0 Å². The largest absolute Gasteiger partial charge is 0.478 e. The number of pyridine rings is 1. The van der Waals surface area contributed by atoms with Gasteiger partial charge in [0.2, 0.25) is 0 Å². The summed E-state index contributed by atoms with van der Waals surface area (Å²) in [5.74, 6) is -0.632. The van der Waals surface area contributed by atoms with Crippen LogP contribution in [0.4, 0.5) is 5.82 Å². The number of hydrogen-bond donors (Lipinski definition) is 1.